The summed E-state index contributed by atoms with van der Waals surface area (Å²) in [5, 5.41) is 2.47. The number of amides is 1. The first kappa shape index (κ1) is 21.9. The number of aryl methyl sites for hydroxylation is 1. The molecule has 0 aliphatic heterocycles. The number of hydrogen-bond acceptors (Lipinski definition) is 4. The van der Waals surface area contributed by atoms with E-state index in [1.165, 1.54) is 60.3 Å². The molecule has 0 saturated heterocycles. The number of hydrogen-bond donors (Lipinski definition) is 2. The van der Waals surface area contributed by atoms with Gasteiger partial charge in [0, 0.05) is 16.3 Å². The van der Waals surface area contributed by atoms with Crippen molar-refractivity contribution in [3.8, 4) is 0 Å². The van der Waals surface area contributed by atoms with E-state index in [9.17, 15) is 17.6 Å². The highest BCUT2D eigenvalue weighted by atomic mass is 32.2. The maximum Gasteiger partial charge on any atom is 0.261 e. The second kappa shape index (κ2) is 9.32. The normalized spacial score (nSPS) is 12.2. The highest BCUT2D eigenvalue weighted by Crippen LogP contribution is 2.25. The molecular weight excluding hydrogens is 423 g/mol. The summed E-state index contributed by atoms with van der Waals surface area (Å²) in [7, 11) is -3.82. The summed E-state index contributed by atoms with van der Waals surface area (Å²) in [6.07, 6.45) is 0. The molecule has 1 atom stereocenters. The van der Waals surface area contributed by atoms with Gasteiger partial charge in [0.1, 0.15) is 5.82 Å². The third-order valence-corrected chi connectivity index (χ3v) is 6.74. The van der Waals surface area contributed by atoms with Crippen molar-refractivity contribution in [3.63, 3.8) is 0 Å². The maximum absolute atomic E-state index is 13.0. The van der Waals surface area contributed by atoms with E-state index in [-0.39, 0.29) is 21.7 Å². The molecule has 0 aromatic heterocycles. The van der Waals surface area contributed by atoms with Gasteiger partial charge in [0.15, 0.2) is 0 Å². The van der Waals surface area contributed by atoms with Crippen LogP contribution in [0.3, 0.4) is 0 Å². The van der Waals surface area contributed by atoms with E-state index in [4.69, 9.17) is 0 Å². The van der Waals surface area contributed by atoms with Gasteiger partial charge in [0.05, 0.1) is 10.1 Å². The van der Waals surface area contributed by atoms with Crippen LogP contribution in [0.5, 0.6) is 0 Å². The van der Waals surface area contributed by atoms with Gasteiger partial charge in [0.25, 0.3) is 10.0 Å². The van der Waals surface area contributed by atoms with Gasteiger partial charge >= 0.3 is 0 Å². The van der Waals surface area contributed by atoms with Crippen LogP contribution in [0.2, 0.25) is 0 Å². The van der Waals surface area contributed by atoms with Gasteiger partial charge in [-0.1, -0.05) is 17.7 Å². The molecule has 30 heavy (non-hydrogen) atoms. The zero-order chi connectivity index (χ0) is 21.7. The Morgan fingerprint density at radius 1 is 0.900 bits per heavy atom. The van der Waals surface area contributed by atoms with E-state index in [0.29, 0.717) is 5.69 Å². The summed E-state index contributed by atoms with van der Waals surface area (Å²) >= 11 is 1.44. The predicted octanol–water partition coefficient (Wildman–Crippen LogP) is 5.05. The smallest absolute Gasteiger partial charge is 0.261 e. The largest absolute Gasteiger partial charge is 0.325 e. The third kappa shape index (κ3) is 5.84. The summed E-state index contributed by atoms with van der Waals surface area (Å²) < 4.78 is 40.3. The first-order chi connectivity index (χ1) is 14.2. The Morgan fingerprint density at radius 3 is 2.07 bits per heavy atom. The quantitative estimate of drug-likeness (QED) is 0.500. The topological polar surface area (TPSA) is 75.3 Å². The summed E-state index contributed by atoms with van der Waals surface area (Å²) in [6, 6.07) is 18.8. The summed E-state index contributed by atoms with van der Waals surface area (Å²) in [4.78, 5) is 13.5. The minimum Gasteiger partial charge on any atom is -0.325 e. The minimum atomic E-state index is -3.82. The van der Waals surface area contributed by atoms with E-state index in [1.54, 1.807) is 0 Å². The number of anilines is 2. The van der Waals surface area contributed by atoms with Crippen molar-refractivity contribution in [3.05, 3.63) is 84.2 Å². The lowest BCUT2D eigenvalue weighted by Gasteiger charge is -2.13. The first-order valence-electron chi connectivity index (χ1n) is 9.15. The molecule has 2 N–H and O–H groups in total. The molecule has 0 saturated carbocycles. The van der Waals surface area contributed by atoms with Gasteiger partial charge in [-0.2, -0.15) is 0 Å². The van der Waals surface area contributed by atoms with Crippen LogP contribution in [0.15, 0.2) is 82.6 Å². The number of carbonyl (C=O) groups excluding carboxylic acids is 1. The van der Waals surface area contributed by atoms with Gasteiger partial charge in [-0.25, -0.2) is 12.8 Å². The third-order valence-electron chi connectivity index (χ3n) is 4.23. The van der Waals surface area contributed by atoms with Crippen molar-refractivity contribution in [1.29, 1.82) is 0 Å². The van der Waals surface area contributed by atoms with Crippen molar-refractivity contribution >= 4 is 39.1 Å². The fourth-order valence-electron chi connectivity index (χ4n) is 2.57. The molecule has 0 unspecified atom stereocenters. The van der Waals surface area contributed by atoms with Crippen LogP contribution >= 0.6 is 11.8 Å². The fourth-order valence-corrected chi connectivity index (χ4v) is 4.49. The van der Waals surface area contributed by atoms with Crippen molar-refractivity contribution < 1.29 is 17.6 Å². The number of benzene rings is 3. The molecule has 3 aromatic carbocycles. The average molecular weight is 445 g/mol. The zero-order valence-corrected chi connectivity index (χ0v) is 18.1. The molecule has 0 bridgehead atoms. The van der Waals surface area contributed by atoms with Crippen LogP contribution in [0.25, 0.3) is 0 Å². The van der Waals surface area contributed by atoms with Crippen molar-refractivity contribution in [2.45, 2.75) is 28.9 Å². The molecule has 156 valence electrons. The van der Waals surface area contributed by atoms with Crippen molar-refractivity contribution in [2.75, 3.05) is 10.0 Å². The van der Waals surface area contributed by atoms with Gasteiger partial charge in [-0.05, 0) is 74.5 Å². The molecule has 3 aromatic rings. The minimum absolute atomic E-state index is 0.0342. The number of carbonyl (C=O) groups is 1. The van der Waals surface area contributed by atoms with Crippen LogP contribution < -0.4 is 10.0 Å². The van der Waals surface area contributed by atoms with Crippen LogP contribution in [-0.2, 0) is 14.8 Å². The van der Waals surface area contributed by atoms with Gasteiger partial charge < -0.3 is 5.32 Å². The Hall–Kier alpha value is -2.84. The summed E-state index contributed by atoms with van der Waals surface area (Å²) in [5.74, 6) is -0.631. The second-order valence-corrected chi connectivity index (χ2v) is 9.80. The molecular formula is C22H21FN2O3S2. The van der Waals surface area contributed by atoms with E-state index in [2.05, 4.69) is 10.0 Å². The van der Waals surface area contributed by atoms with Gasteiger partial charge in [0.2, 0.25) is 5.91 Å². The van der Waals surface area contributed by atoms with E-state index < -0.39 is 15.8 Å². The molecule has 5 nitrogen and oxygen atoms in total. The van der Waals surface area contributed by atoms with Crippen molar-refractivity contribution in [2.24, 2.45) is 0 Å². The molecule has 3 rings (SSSR count). The number of sulfonamides is 1. The highest BCUT2D eigenvalue weighted by molar-refractivity contribution is 8.00. The molecule has 0 aliphatic rings. The average Bonchev–Trinajstić information content (AvgIpc) is 2.71. The predicted molar refractivity (Wildman–Crippen MR) is 119 cm³/mol. The van der Waals surface area contributed by atoms with Gasteiger partial charge in [-0.3, -0.25) is 9.52 Å². The molecule has 0 heterocycles. The second-order valence-electron chi connectivity index (χ2n) is 6.70. The molecule has 8 heteroatoms. The number of nitrogens with one attached hydrogen (secondary N) is 2. The van der Waals surface area contributed by atoms with E-state index >= 15 is 0 Å². The maximum atomic E-state index is 13.0. The first-order valence-corrected chi connectivity index (χ1v) is 11.5. The fraction of sp³-hybridized carbons (Fsp3) is 0.136. The summed E-state index contributed by atoms with van der Waals surface area (Å²) in [5.41, 5.74) is 1.91. The van der Waals surface area contributed by atoms with E-state index in [1.807, 2.05) is 38.1 Å². The lowest BCUT2D eigenvalue weighted by Crippen LogP contribution is -2.22. The number of rotatable bonds is 7. The number of halogens is 1. The Morgan fingerprint density at radius 2 is 1.47 bits per heavy atom. The lowest BCUT2D eigenvalue weighted by molar-refractivity contribution is -0.115. The highest BCUT2D eigenvalue weighted by Gasteiger charge is 2.17. The molecule has 0 radical (unpaired) electrons. The SMILES string of the molecule is Cc1ccc(S[C@H](C)C(=O)Nc2ccc(S(=O)(=O)Nc3ccc(F)cc3)cc2)cc1. The van der Waals surface area contributed by atoms with Crippen LogP contribution in [-0.4, -0.2) is 19.6 Å². The molecule has 0 fully saturated rings. The monoisotopic (exact) mass is 444 g/mol. The Bertz CT molecular complexity index is 1110. The van der Waals surface area contributed by atoms with E-state index in [0.717, 1.165) is 10.5 Å². The molecule has 1 amide bonds. The summed E-state index contributed by atoms with van der Waals surface area (Å²) in [6.45, 7) is 3.81. The van der Waals surface area contributed by atoms with Crippen LogP contribution in [0.4, 0.5) is 15.8 Å². The Labute approximate surface area is 179 Å². The standard InChI is InChI=1S/C22H21FN2O3S2/c1-15-3-11-20(12-4-15)29-16(2)22(26)24-18-9-13-21(14-10-18)30(27,28)25-19-7-5-17(23)6-8-19/h3-14,16,25H,1-2H3,(H,24,26)/t16-/m1/s1. The molecule has 0 aliphatic carbocycles. The Kier molecular flexibility index (Phi) is 6.79. The van der Waals surface area contributed by atoms with Crippen LogP contribution in [0, 0.1) is 12.7 Å². The van der Waals surface area contributed by atoms with Crippen LogP contribution in [0.1, 0.15) is 12.5 Å². The Balaban J connectivity index is 1.62. The van der Waals surface area contributed by atoms with Gasteiger partial charge in [-0.15, -0.1) is 11.8 Å². The molecule has 0 spiro atoms. The van der Waals surface area contributed by atoms with Crippen molar-refractivity contribution in [1.82, 2.24) is 0 Å². The lowest BCUT2D eigenvalue weighted by atomic mass is 10.2. The number of thioether (sulfide) groups is 1. The zero-order valence-electron chi connectivity index (χ0n) is 16.4.